The van der Waals surface area contributed by atoms with Gasteiger partial charge in [0.1, 0.15) is 22.3 Å². The van der Waals surface area contributed by atoms with E-state index in [-0.39, 0.29) is 6.04 Å². The molecule has 132 valence electrons. The molecule has 0 aromatic heterocycles. The lowest BCUT2D eigenvalue weighted by atomic mass is 9.98. The Kier molecular flexibility index (Phi) is 4.61. The van der Waals surface area contributed by atoms with Gasteiger partial charge in [0.25, 0.3) is 0 Å². The Morgan fingerprint density at radius 3 is 2.46 bits per heavy atom. The molecule has 2 saturated heterocycles. The van der Waals surface area contributed by atoms with Crippen LogP contribution >= 0.6 is 0 Å². The summed E-state index contributed by atoms with van der Waals surface area (Å²) in [6.45, 7) is 0. The van der Waals surface area contributed by atoms with Crippen molar-refractivity contribution in [2.75, 3.05) is 12.8 Å². The Balaban J connectivity index is 1.64. The molecule has 1 aromatic carbocycles. The number of rotatable bonds is 4. The molecule has 4 atom stereocenters. The molecule has 0 aliphatic carbocycles. The molecule has 2 unspecified atom stereocenters. The van der Waals surface area contributed by atoms with Gasteiger partial charge >= 0.3 is 0 Å². The average Bonchev–Trinajstić information content (AvgIpc) is 2.69. The molecule has 2 fully saturated rings. The minimum Gasteiger partial charge on any atom is -0.352 e. The van der Waals surface area contributed by atoms with Crippen LogP contribution in [0.2, 0.25) is 0 Å². The van der Waals surface area contributed by atoms with E-state index in [2.05, 4.69) is 12.4 Å². The maximum atomic E-state index is 13.7. The molecule has 0 saturated carbocycles. The number of carbonyl (C=O) groups excluding carboxylic acids is 1. The zero-order valence-corrected chi connectivity index (χ0v) is 14.2. The van der Waals surface area contributed by atoms with Crippen LogP contribution in [0.15, 0.2) is 23.1 Å². The quantitative estimate of drug-likeness (QED) is 0.748. The summed E-state index contributed by atoms with van der Waals surface area (Å²) >= 11 is 0. The van der Waals surface area contributed by atoms with Crippen LogP contribution in [0.5, 0.6) is 0 Å². The van der Waals surface area contributed by atoms with Crippen molar-refractivity contribution in [2.45, 2.75) is 48.7 Å². The normalized spacial score (nSPS) is 29.5. The summed E-state index contributed by atoms with van der Waals surface area (Å²) in [7, 11) is -1.98. The third kappa shape index (κ3) is 3.44. The molecule has 1 aromatic rings. The van der Waals surface area contributed by atoms with Gasteiger partial charge in [-0.05, 0) is 12.1 Å². The fraction of sp³-hybridized carbons (Fsp3) is 0.562. The molecule has 3 rings (SSSR count). The van der Waals surface area contributed by atoms with Gasteiger partial charge in [0.15, 0.2) is 9.84 Å². The Hall–Kier alpha value is -1.54. The number of quaternary nitrogens is 1. The van der Waals surface area contributed by atoms with E-state index in [4.69, 9.17) is 0 Å². The molecule has 2 bridgehead atoms. The van der Waals surface area contributed by atoms with Crippen molar-refractivity contribution in [3.8, 4) is 0 Å². The number of fused-ring (bicyclic) bond motifs is 2. The van der Waals surface area contributed by atoms with Crippen molar-refractivity contribution in [3.63, 3.8) is 0 Å². The van der Waals surface area contributed by atoms with E-state index in [1.807, 2.05) is 0 Å². The molecule has 8 heteroatoms. The van der Waals surface area contributed by atoms with Gasteiger partial charge in [-0.25, -0.2) is 17.2 Å². The molecule has 2 N–H and O–H groups in total. The van der Waals surface area contributed by atoms with E-state index in [0.29, 0.717) is 18.2 Å². The number of piperidine rings is 1. The summed E-state index contributed by atoms with van der Waals surface area (Å²) in [6, 6.07) is 3.19. The van der Waals surface area contributed by atoms with E-state index in [1.165, 1.54) is 4.90 Å². The van der Waals surface area contributed by atoms with E-state index in [0.717, 1.165) is 37.8 Å². The van der Waals surface area contributed by atoms with Crippen molar-refractivity contribution in [1.82, 2.24) is 5.32 Å². The topological polar surface area (TPSA) is 67.7 Å². The van der Waals surface area contributed by atoms with Gasteiger partial charge in [-0.1, -0.05) is 0 Å². The van der Waals surface area contributed by atoms with Gasteiger partial charge in [0, 0.05) is 37.8 Å². The molecular weight excluding hydrogens is 338 g/mol. The SMILES string of the molecule is C[NH+]1[C@@H]2CC[C@H]1CC(NC(=O)CS(=O)(=O)c1ccc(F)cc1F)C2. The van der Waals surface area contributed by atoms with E-state index < -0.39 is 38.0 Å². The lowest BCUT2D eigenvalue weighted by Crippen LogP contribution is -3.15. The smallest absolute Gasteiger partial charge is 0.235 e. The zero-order chi connectivity index (χ0) is 17.5. The molecule has 24 heavy (non-hydrogen) atoms. The summed E-state index contributed by atoms with van der Waals surface area (Å²) in [5.74, 6) is -3.50. The van der Waals surface area contributed by atoms with Crippen molar-refractivity contribution in [1.29, 1.82) is 0 Å². The number of sulfone groups is 1. The molecule has 5 nitrogen and oxygen atoms in total. The molecule has 0 spiro atoms. The fourth-order valence-electron chi connectivity index (χ4n) is 3.95. The van der Waals surface area contributed by atoms with Gasteiger partial charge < -0.3 is 10.2 Å². The highest BCUT2D eigenvalue weighted by Gasteiger charge is 2.42. The lowest BCUT2D eigenvalue weighted by molar-refractivity contribution is -0.922. The van der Waals surface area contributed by atoms with Crippen molar-refractivity contribution >= 4 is 15.7 Å². The number of halogens is 2. The number of hydrogen-bond donors (Lipinski definition) is 2. The minimum atomic E-state index is -4.14. The molecule has 2 aliphatic rings. The van der Waals surface area contributed by atoms with Crippen LogP contribution in [-0.4, -0.2) is 45.3 Å². The molecule has 1 amide bonds. The van der Waals surface area contributed by atoms with E-state index in [9.17, 15) is 22.0 Å². The first kappa shape index (κ1) is 17.3. The second-order valence-corrected chi connectivity index (χ2v) is 8.74. The third-order valence-corrected chi connectivity index (χ3v) is 6.85. The second kappa shape index (κ2) is 6.40. The van der Waals surface area contributed by atoms with Crippen molar-refractivity contribution in [2.24, 2.45) is 0 Å². The first-order chi connectivity index (χ1) is 11.3. The van der Waals surface area contributed by atoms with Crippen molar-refractivity contribution in [3.05, 3.63) is 29.8 Å². The zero-order valence-electron chi connectivity index (χ0n) is 13.4. The average molecular weight is 359 g/mol. The van der Waals surface area contributed by atoms with Gasteiger partial charge in [-0.2, -0.15) is 0 Å². The van der Waals surface area contributed by atoms with Gasteiger partial charge in [-0.15, -0.1) is 0 Å². The van der Waals surface area contributed by atoms with Gasteiger partial charge in [0.2, 0.25) is 5.91 Å². The highest BCUT2D eigenvalue weighted by Crippen LogP contribution is 2.23. The molecule has 2 heterocycles. The van der Waals surface area contributed by atoms with Crippen LogP contribution in [0.25, 0.3) is 0 Å². The molecule has 0 radical (unpaired) electrons. The van der Waals surface area contributed by atoms with Crippen LogP contribution in [0, 0.1) is 11.6 Å². The largest absolute Gasteiger partial charge is 0.352 e. The summed E-state index contributed by atoms with van der Waals surface area (Å²) < 4.78 is 50.9. The van der Waals surface area contributed by atoms with Crippen LogP contribution in [0.4, 0.5) is 8.78 Å². The molecular formula is C16H21F2N2O3S+. The van der Waals surface area contributed by atoms with Crippen LogP contribution in [0.3, 0.4) is 0 Å². The van der Waals surface area contributed by atoms with E-state index >= 15 is 0 Å². The summed E-state index contributed by atoms with van der Waals surface area (Å²) in [5.41, 5.74) is 0. The standard InChI is InChI=1S/C16H20F2N2O3S/c1-20-12-3-4-13(20)8-11(7-12)19-16(21)9-24(22,23)15-5-2-10(17)6-14(15)18/h2,5-6,11-13H,3-4,7-9H2,1H3,(H,19,21)/p+1/t11?,12-,13+. The fourth-order valence-corrected chi connectivity index (χ4v) is 5.16. The highest BCUT2D eigenvalue weighted by molar-refractivity contribution is 7.92. The predicted molar refractivity (Wildman–Crippen MR) is 83.3 cm³/mol. The molecule has 2 aliphatic heterocycles. The first-order valence-corrected chi connectivity index (χ1v) is 9.72. The van der Waals surface area contributed by atoms with E-state index in [1.54, 1.807) is 0 Å². The van der Waals surface area contributed by atoms with Crippen molar-refractivity contribution < 1.29 is 26.9 Å². The van der Waals surface area contributed by atoms with Gasteiger partial charge in [0.05, 0.1) is 19.1 Å². The Labute approximate surface area is 139 Å². The number of nitrogens with one attached hydrogen (secondary N) is 2. The van der Waals surface area contributed by atoms with Crippen LogP contribution in [-0.2, 0) is 14.6 Å². The summed E-state index contributed by atoms with van der Waals surface area (Å²) in [6.07, 6.45) is 3.92. The number of hydrogen-bond acceptors (Lipinski definition) is 3. The summed E-state index contributed by atoms with van der Waals surface area (Å²) in [5, 5.41) is 2.77. The maximum absolute atomic E-state index is 13.7. The number of benzene rings is 1. The Morgan fingerprint density at radius 1 is 1.25 bits per heavy atom. The summed E-state index contributed by atoms with van der Waals surface area (Å²) in [4.78, 5) is 12.9. The highest BCUT2D eigenvalue weighted by atomic mass is 32.2. The Morgan fingerprint density at radius 2 is 1.88 bits per heavy atom. The maximum Gasteiger partial charge on any atom is 0.235 e. The number of carbonyl (C=O) groups is 1. The Bertz CT molecular complexity index is 740. The van der Waals surface area contributed by atoms with Crippen LogP contribution in [0.1, 0.15) is 25.7 Å². The third-order valence-electron chi connectivity index (χ3n) is 5.20. The van der Waals surface area contributed by atoms with Crippen LogP contribution < -0.4 is 10.2 Å². The monoisotopic (exact) mass is 359 g/mol. The predicted octanol–water partition coefficient (Wildman–Crippen LogP) is 0.0628. The number of amides is 1. The minimum absolute atomic E-state index is 0.0352. The second-order valence-electron chi connectivity index (χ2n) is 6.78. The first-order valence-electron chi connectivity index (χ1n) is 8.07. The van der Waals surface area contributed by atoms with Gasteiger partial charge in [-0.3, -0.25) is 4.79 Å². The lowest BCUT2D eigenvalue weighted by Gasteiger charge is -2.33.